The zero-order chi connectivity index (χ0) is 12.8. The van der Waals surface area contributed by atoms with E-state index in [1.165, 1.54) is 0 Å². The second kappa shape index (κ2) is 7.22. The Morgan fingerprint density at radius 2 is 1.65 bits per heavy atom. The second-order valence-electron chi connectivity index (χ2n) is 4.37. The quantitative estimate of drug-likeness (QED) is 0.785. The zero-order valence-electron chi connectivity index (χ0n) is 10.7. The molecule has 2 nitrogen and oxygen atoms in total. The van der Waals surface area contributed by atoms with Crippen LogP contribution in [0, 0.1) is 0 Å². The number of benzene rings is 1. The van der Waals surface area contributed by atoms with Gasteiger partial charge < -0.3 is 4.90 Å². The highest BCUT2D eigenvalue weighted by Gasteiger charge is 2.10. The number of hydrogen-bond donors (Lipinski definition) is 0. The summed E-state index contributed by atoms with van der Waals surface area (Å²) in [5.41, 5.74) is 1.02. The molecule has 4 heteroatoms. The average molecular weight is 275 g/mol. The van der Waals surface area contributed by atoms with Gasteiger partial charge in [-0.05, 0) is 32.8 Å². The summed E-state index contributed by atoms with van der Waals surface area (Å²) in [6, 6.07) is 5.66. The van der Waals surface area contributed by atoms with Gasteiger partial charge in [-0.1, -0.05) is 36.2 Å². The molecular weight excluding hydrogens is 255 g/mol. The van der Waals surface area contributed by atoms with Crippen LogP contribution in [0.15, 0.2) is 18.2 Å². The molecule has 0 radical (unpaired) electrons. The molecule has 1 aromatic carbocycles. The highest BCUT2D eigenvalue weighted by atomic mass is 35.5. The number of halogens is 2. The second-order valence-corrected chi connectivity index (χ2v) is 5.19. The van der Waals surface area contributed by atoms with Gasteiger partial charge in [-0.3, -0.25) is 4.90 Å². The molecule has 0 aromatic heterocycles. The molecule has 0 saturated carbocycles. The molecule has 1 rings (SSSR count). The minimum absolute atomic E-state index is 0.751. The first-order valence-electron chi connectivity index (χ1n) is 5.84. The molecule has 0 aliphatic rings. The fourth-order valence-electron chi connectivity index (χ4n) is 1.60. The van der Waals surface area contributed by atoms with E-state index in [0.717, 1.165) is 41.8 Å². The van der Waals surface area contributed by atoms with E-state index in [1.807, 2.05) is 18.2 Å². The van der Waals surface area contributed by atoms with Crippen LogP contribution in [-0.2, 0) is 6.54 Å². The Labute approximate surface area is 114 Å². The van der Waals surface area contributed by atoms with Gasteiger partial charge in [0.25, 0.3) is 0 Å². The van der Waals surface area contributed by atoms with Crippen molar-refractivity contribution in [2.24, 2.45) is 0 Å². The standard InChI is InChI=1S/C13H20Cl2N2/c1-4-17(9-8-16(2)3)10-11-12(14)6-5-7-13(11)15/h5-7H,4,8-10H2,1-3H3. The third-order valence-corrected chi connectivity index (χ3v) is 3.46. The third-order valence-electron chi connectivity index (χ3n) is 2.75. The van der Waals surface area contributed by atoms with Gasteiger partial charge in [0.2, 0.25) is 0 Å². The summed E-state index contributed by atoms with van der Waals surface area (Å²) in [7, 11) is 4.16. The molecule has 0 bridgehead atoms. The average Bonchev–Trinajstić information content (AvgIpc) is 2.27. The smallest absolute Gasteiger partial charge is 0.0465 e. The summed E-state index contributed by atoms with van der Waals surface area (Å²) < 4.78 is 0. The summed E-state index contributed by atoms with van der Waals surface area (Å²) in [4.78, 5) is 4.52. The summed E-state index contributed by atoms with van der Waals surface area (Å²) in [5.74, 6) is 0. The highest BCUT2D eigenvalue weighted by molar-refractivity contribution is 6.35. The first-order valence-corrected chi connectivity index (χ1v) is 6.60. The minimum atomic E-state index is 0.751. The van der Waals surface area contributed by atoms with Crippen LogP contribution in [0.4, 0.5) is 0 Å². The fourth-order valence-corrected chi connectivity index (χ4v) is 2.11. The van der Waals surface area contributed by atoms with Crippen LogP contribution in [0.25, 0.3) is 0 Å². The van der Waals surface area contributed by atoms with Gasteiger partial charge in [0, 0.05) is 35.2 Å². The number of nitrogens with zero attached hydrogens (tertiary/aromatic N) is 2. The van der Waals surface area contributed by atoms with Crippen molar-refractivity contribution in [1.82, 2.24) is 9.80 Å². The lowest BCUT2D eigenvalue weighted by molar-refractivity contribution is 0.244. The van der Waals surface area contributed by atoms with Crippen molar-refractivity contribution in [1.29, 1.82) is 0 Å². The van der Waals surface area contributed by atoms with E-state index in [2.05, 4.69) is 30.8 Å². The van der Waals surface area contributed by atoms with Crippen molar-refractivity contribution in [2.75, 3.05) is 33.7 Å². The van der Waals surface area contributed by atoms with Crippen LogP contribution in [-0.4, -0.2) is 43.5 Å². The lowest BCUT2D eigenvalue weighted by Gasteiger charge is -2.23. The van der Waals surface area contributed by atoms with Gasteiger partial charge in [-0.25, -0.2) is 0 Å². The van der Waals surface area contributed by atoms with Crippen LogP contribution in [0.5, 0.6) is 0 Å². The molecule has 0 atom stereocenters. The first-order chi connectivity index (χ1) is 8.04. The molecule has 0 aliphatic heterocycles. The minimum Gasteiger partial charge on any atom is -0.308 e. The zero-order valence-corrected chi connectivity index (χ0v) is 12.2. The number of likely N-dealkylation sites (N-methyl/N-ethyl adjacent to an activating group) is 2. The number of hydrogen-bond acceptors (Lipinski definition) is 2. The normalized spacial score (nSPS) is 11.5. The Balaban J connectivity index is 2.67. The van der Waals surface area contributed by atoms with E-state index < -0.39 is 0 Å². The Hall–Kier alpha value is -0.280. The molecule has 0 aliphatic carbocycles. The molecule has 0 spiro atoms. The van der Waals surface area contributed by atoms with Gasteiger partial charge in [-0.15, -0.1) is 0 Å². The van der Waals surface area contributed by atoms with Gasteiger partial charge in [-0.2, -0.15) is 0 Å². The molecule has 0 fully saturated rings. The summed E-state index contributed by atoms with van der Waals surface area (Å²) in [6.07, 6.45) is 0. The van der Waals surface area contributed by atoms with Crippen molar-refractivity contribution in [3.05, 3.63) is 33.8 Å². The maximum absolute atomic E-state index is 6.17. The molecule has 0 unspecified atom stereocenters. The summed E-state index contributed by atoms with van der Waals surface area (Å²) in [6.45, 7) is 6.01. The lowest BCUT2D eigenvalue weighted by atomic mass is 10.2. The Morgan fingerprint density at radius 1 is 1.06 bits per heavy atom. The topological polar surface area (TPSA) is 6.48 Å². The van der Waals surface area contributed by atoms with E-state index >= 15 is 0 Å². The van der Waals surface area contributed by atoms with E-state index in [0.29, 0.717) is 0 Å². The monoisotopic (exact) mass is 274 g/mol. The predicted octanol–water partition coefficient (Wildman–Crippen LogP) is 3.38. The van der Waals surface area contributed by atoms with Crippen LogP contribution in [0.2, 0.25) is 10.0 Å². The Kier molecular flexibility index (Phi) is 6.28. The molecule has 0 heterocycles. The maximum atomic E-state index is 6.17. The van der Waals surface area contributed by atoms with Crippen LogP contribution in [0.3, 0.4) is 0 Å². The predicted molar refractivity (Wildman–Crippen MR) is 76.0 cm³/mol. The van der Waals surface area contributed by atoms with Gasteiger partial charge in [0.1, 0.15) is 0 Å². The molecule has 1 aromatic rings. The molecule has 0 saturated heterocycles. The SMILES string of the molecule is CCN(CCN(C)C)Cc1c(Cl)cccc1Cl. The molecule has 0 N–H and O–H groups in total. The summed E-state index contributed by atoms with van der Waals surface area (Å²) in [5, 5.41) is 1.50. The number of rotatable bonds is 6. The van der Waals surface area contributed by atoms with E-state index in [1.54, 1.807) is 0 Å². The molecule has 0 amide bonds. The van der Waals surface area contributed by atoms with E-state index in [-0.39, 0.29) is 0 Å². The van der Waals surface area contributed by atoms with Crippen LogP contribution < -0.4 is 0 Å². The summed E-state index contributed by atoms with van der Waals surface area (Å²) >= 11 is 12.3. The lowest BCUT2D eigenvalue weighted by Crippen LogP contribution is -2.31. The van der Waals surface area contributed by atoms with E-state index in [4.69, 9.17) is 23.2 Å². The van der Waals surface area contributed by atoms with Crippen molar-refractivity contribution in [3.8, 4) is 0 Å². The van der Waals surface area contributed by atoms with Crippen molar-refractivity contribution >= 4 is 23.2 Å². The molecular formula is C13H20Cl2N2. The largest absolute Gasteiger partial charge is 0.308 e. The van der Waals surface area contributed by atoms with Crippen molar-refractivity contribution in [3.63, 3.8) is 0 Å². The fraction of sp³-hybridized carbons (Fsp3) is 0.538. The molecule has 96 valence electrons. The Morgan fingerprint density at radius 3 is 2.12 bits per heavy atom. The van der Waals surface area contributed by atoms with Gasteiger partial charge in [0.15, 0.2) is 0 Å². The maximum Gasteiger partial charge on any atom is 0.0465 e. The van der Waals surface area contributed by atoms with E-state index in [9.17, 15) is 0 Å². The van der Waals surface area contributed by atoms with Gasteiger partial charge in [0.05, 0.1) is 0 Å². The highest BCUT2D eigenvalue weighted by Crippen LogP contribution is 2.25. The third kappa shape index (κ3) is 4.84. The van der Waals surface area contributed by atoms with Crippen molar-refractivity contribution in [2.45, 2.75) is 13.5 Å². The van der Waals surface area contributed by atoms with Crippen LogP contribution in [0.1, 0.15) is 12.5 Å². The van der Waals surface area contributed by atoms with Gasteiger partial charge >= 0.3 is 0 Å². The first kappa shape index (κ1) is 14.8. The Bertz CT molecular complexity index is 333. The van der Waals surface area contributed by atoms with Crippen LogP contribution >= 0.6 is 23.2 Å². The van der Waals surface area contributed by atoms with Crippen molar-refractivity contribution < 1.29 is 0 Å². The molecule has 17 heavy (non-hydrogen) atoms.